The predicted molar refractivity (Wildman–Crippen MR) is 90.9 cm³/mol. The lowest BCUT2D eigenvalue weighted by Crippen LogP contribution is -2.20. The summed E-state index contributed by atoms with van der Waals surface area (Å²) in [5, 5.41) is 7.91. The third kappa shape index (κ3) is 4.39. The fourth-order valence-electron chi connectivity index (χ4n) is 1.88. The van der Waals surface area contributed by atoms with Crippen molar-refractivity contribution in [2.24, 2.45) is 0 Å². The van der Waals surface area contributed by atoms with Gasteiger partial charge >= 0.3 is 0 Å². The number of hydrogen-bond donors (Lipinski definition) is 3. The van der Waals surface area contributed by atoms with Crippen molar-refractivity contribution in [3.05, 3.63) is 53.9 Å². The highest BCUT2D eigenvalue weighted by atomic mass is 16.2. The summed E-state index contributed by atoms with van der Waals surface area (Å²) in [6.07, 6.45) is 1.74. The fourth-order valence-corrected chi connectivity index (χ4v) is 1.88. The molecule has 2 aromatic rings. The van der Waals surface area contributed by atoms with Crippen LogP contribution in [0.3, 0.4) is 0 Å². The Bertz CT molecular complexity index is 739. The van der Waals surface area contributed by atoms with Gasteiger partial charge in [-0.1, -0.05) is 6.92 Å². The highest BCUT2D eigenvalue weighted by Gasteiger charge is 2.09. The van der Waals surface area contributed by atoms with E-state index in [2.05, 4.69) is 20.9 Å². The van der Waals surface area contributed by atoms with E-state index in [-0.39, 0.29) is 23.4 Å². The van der Waals surface area contributed by atoms with Crippen LogP contribution in [-0.4, -0.2) is 29.8 Å². The van der Waals surface area contributed by atoms with Gasteiger partial charge < -0.3 is 16.0 Å². The summed E-state index contributed by atoms with van der Waals surface area (Å²) in [6.45, 7) is 1.77. The lowest BCUT2D eigenvalue weighted by Gasteiger charge is -2.07. The smallest absolute Gasteiger partial charge is 0.269 e. The van der Waals surface area contributed by atoms with Gasteiger partial charge in [-0.25, -0.2) is 0 Å². The average molecular weight is 326 g/mol. The maximum atomic E-state index is 12.2. The largest absolute Gasteiger partial charge is 0.354 e. The molecule has 0 fully saturated rings. The van der Waals surface area contributed by atoms with Crippen LogP contribution in [0.15, 0.2) is 42.6 Å². The molecule has 1 aromatic carbocycles. The number of hydrogen-bond acceptors (Lipinski definition) is 4. The zero-order valence-electron chi connectivity index (χ0n) is 13.4. The summed E-state index contributed by atoms with van der Waals surface area (Å²) < 4.78 is 0. The number of pyridine rings is 1. The molecule has 124 valence electrons. The van der Waals surface area contributed by atoms with Crippen LogP contribution in [0.5, 0.6) is 0 Å². The molecule has 3 N–H and O–H groups in total. The first-order chi connectivity index (χ1) is 11.5. The van der Waals surface area contributed by atoms with Crippen LogP contribution in [0.1, 0.15) is 34.2 Å². The maximum absolute atomic E-state index is 12.2. The minimum Gasteiger partial charge on any atom is -0.354 e. The Balaban J connectivity index is 2.01. The molecule has 0 spiro atoms. The van der Waals surface area contributed by atoms with E-state index in [9.17, 15) is 14.4 Å². The average Bonchev–Trinajstić information content (AvgIpc) is 2.62. The van der Waals surface area contributed by atoms with Crippen LogP contribution < -0.4 is 16.0 Å². The van der Waals surface area contributed by atoms with Crippen molar-refractivity contribution >= 4 is 29.1 Å². The standard InChI is InChI=1S/C17H18N4O3/c1-3-15(22)20-12-5-7-13(8-6-12)21-16(23)11-4-9-14(19-10-11)17(24)18-2/h4-10H,3H2,1-2H3,(H,18,24)(H,20,22)(H,21,23). The number of anilines is 2. The quantitative estimate of drug-likeness (QED) is 0.783. The Kier molecular flexibility index (Phi) is 5.62. The van der Waals surface area contributed by atoms with E-state index in [1.165, 1.54) is 25.4 Å². The molecule has 0 aliphatic heterocycles. The Labute approximate surface area is 139 Å². The molecule has 0 bridgehead atoms. The van der Waals surface area contributed by atoms with Crippen molar-refractivity contribution in [1.82, 2.24) is 10.3 Å². The fraction of sp³-hybridized carbons (Fsp3) is 0.176. The third-order valence-corrected chi connectivity index (χ3v) is 3.23. The van der Waals surface area contributed by atoms with Gasteiger partial charge in [0.15, 0.2) is 0 Å². The highest BCUT2D eigenvalue weighted by Crippen LogP contribution is 2.15. The molecule has 0 radical (unpaired) electrons. The molecule has 0 aliphatic rings. The van der Waals surface area contributed by atoms with Crippen molar-refractivity contribution in [2.45, 2.75) is 13.3 Å². The molecule has 0 aliphatic carbocycles. The van der Waals surface area contributed by atoms with E-state index in [1.54, 1.807) is 31.2 Å². The number of nitrogens with one attached hydrogen (secondary N) is 3. The molecule has 7 nitrogen and oxygen atoms in total. The van der Waals surface area contributed by atoms with Gasteiger partial charge in [-0.2, -0.15) is 0 Å². The van der Waals surface area contributed by atoms with Crippen molar-refractivity contribution < 1.29 is 14.4 Å². The third-order valence-electron chi connectivity index (χ3n) is 3.23. The van der Waals surface area contributed by atoms with Gasteiger partial charge in [0.05, 0.1) is 5.56 Å². The first-order valence-electron chi connectivity index (χ1n) is 7.43. The number of carbonyl (C=O) groups is 3. The topological polar surface area (TPSA) is 100 Å². The van der Waals surface area contributed by atoms with Crippen LogP contribution in [0.2, 0.25) is 0 Å². The Hall–Kier alpha value is -3.22. The number of nitrogens with zero attached hydrogens (tertiary/aromatic N) is 1. The number of carbonyl (C=O) groups excluding carboxylic acids is 3. The lowest BCUT2D eigenvalue weighted by molar-refractivity contribution is -0.115. The van der Waals surface area contributed by atoms with Crippen LogP contribution in [0.25, 0.3) is 0 Å². The highest BCUT2D eigenvalue weighted by molar-refractivity contribution is 6.04. The molecule has 3 amide bonds. The summed E-state index contributed by atoms with van der Waals surface area (Å²) in [5.41, 5.74) is 1.83. The molecule has 0 atom stereocenters. The first kappa shape index (κ1) is 17.1. The Morgan fingerprint density at radius 3 is 2.04 bits per heavy atom. The molecular formula is C17H18N4O3. The molecule has 0 saturated carbocycles. The number of rotatable bonds is 5. The monoisotopic (exact) mass is 326 g/mol. The van der Waals surface area contributed by atoms with Crippen molar-refractivity contribution in [2.75, 3.05) is 17.7 Å². The molecular weight excluding hydrogens is 308 g/mol. The summed E-state index contributed by atoms with van der Waals surface area (Å²) in [6, 6.07) is 9.80. The van der Waals surface area contributed by atoms with Crippen LogP contribution in [-0.2, 0) is 4.79 Å². The molecule has 0 saturated heterocycles. The van der Waals surface area contributed by atoms with E-state index in [0.29, 0.717) is 23.4 Å². The SMILES string of the molecule is CCC(=O)Nc1ccc(NC(=O)c2ccc(C(=O)NC)nc2)cc1. The lowest BCUT2D eigenvalue weighted by atomic mass is 10.2. The van der Waals surface area contributed by atoms with Gasteiger partial charge in [-0.05, 0) is 36.4 Å². The van der Waals surface area contributed by atoms with Gasteiger partial charge in [0.25, 0.3) is 11.8 Å². The number of benzene rings is 1. The van der Waals surface area contributed by atoms with Gasteiger partial charge in [-0.15, -0.1) is 0 Å². The second-order valence-corrected chi connectivity index (χ2v) is 4.94. The van der Waals surface area contributed by atoms with Gasteiger partial charge in [0, 0.05) is 31.0 Å². The minimum atomic E-state index is -0.337. The second-order valence-electron chi connectivity index (χ2n) is 4.94. The Morgan fingerprint density at radius 1 is 0.917 bits per heavy atom. The molecule has 1 heterocycles. The molecule has 7 heteroatoms. The van der Waals surface area contributed by atoms with E-state index in [1.807, 2.05) is 0 Å². The maximum Gasteiger partial charge on any atom is 0.269 e. The first-order valence-corrected chi connectivity index (χ1v) is 7.43. The van der Waals surface area contributed by atoms with Gasteiger partial charge in [-0.3, -0.25) is 19.4 Å². The number of aromatic nitrogens is 1. The summed E-state index contributed by atoms with van der Waals surface area (Å²) >= 11 is 0. The van der Waals surface area contributed by atoms with Crippen LogP contribution in [0.4, 0.5) is 11.4 Å². The summed E-state index contributed by atoms with van der Waals surface area (Å²) in [5.74, 6) is -0.725. The Morgan fingerprint density at radius 2 is 1.54 bits per heavy atom. The van der Waals surface area contributed by atoms with Crippen LogP contribution >= 0.6 is 0 Å². The zero-order chi connectivity index (χ0) is 17.5. The van der Waals surface area contributed by atoms with Crippen molar-refractivity contribution in [1.29, 1.82) is 0 Å². The molecule has 0 unspecified atom stereocenters. The van der Waals surface area contributed by atoms with Crippen molar-refractivity contribution in [3.63, 3.8) is 0 Å². The second kappa shape index (κ2) is 7.87. The predicted octanol–water partition coefficient (Wildman–Crippen LogP) is 2.04. The van der Waals surface area contributed by atoms with Crippen molar-refractivity contribution in [3.8, 4) is 0 Å². The number of amides is 3. The summed E-state index contributed by atoms with van der Waals surface area (Å²) in [4.78, 5) is 38.8. The molecule has 24 heavy (non-hydrogen) atoms. The molecule has 2 rings (SSSR count). The molecule has 1 aromatic heterocycles. The van der Waals surface area contributed by atoms with E-state index in [4.69, 9.17) is 0 Å². The normalized spacial score (nSPS) is 9.92. The zero-order valence-corrected chi connectivity index (χ0v) is 13.4. The summed E-state index contributed by atoms with van der Waals surface area (Å²) in [7, 11) is 1.51. The van der Waals surface area contributed by atoms with E-state index < -0.39 is 0 Å². The van der Waals surface area contributed by atoms with Crippen LogP contribution in [0, 0.1) is 0 Å². The minimum absolute atomic E-state index is 0.0749. The van der Waals surface area contributed by atoms with Gasteiger partial charge in [0.2, 0.25) is 5.91 Å². The van der Waals surface area contributed by atoms with E-state index >= 15 is 0 Å². The van der Waals surface area contributed by atoms with E-state index in [0.717, 1.165) is 0 Å². The van der Waals surface area contributed by atoms with Gasteiger partial charge in [0.1, 0.15) is 5.69 Å².